The summed E-state index contributed by atoms with van der Waals surface area (Å²) in [6.45, 7) is 1.81. The van der Waals surface area contributed by atoms with Crippen LogP contribution < -0.4 is 4.74 Å². The van der Waals surface area contributed by atoms with Gasteiger partial charge < -0.3 is 9.84 Å². The third-order valence-electron chi connectivity index (χ3n) is 1.70. The van der Waals surface area contributed by atoms with Gasteiger partial charge in [0.05, 0.1) is 17.7 Å². The Hall–Kier alpha value is -0.0600. The summed E-state index contributed by atoms with van der Waals surface area (Å²) in [7, 11) is 1.66. The van der Waals surface area contributed by atoms with Crippen LogP contribution in [-0.2, 0) is 6.42 Å². The summed E-state index contributed by atoms with van der Waals surface area (Å²) in [5, 5.41) is 10.0. The number of aliphatic hydroxyl groups excluding tert-OH is 1. The van der Waals surface area contributed by atoms with E-state index in [1.807, 2.05) is 6.07 Å². The minimum Gasteiger partial charge on any atom is -0.486 e. The number of aryl methyl sites for hydroxylation is 1. The Morgan fingerprint density at radius 3 is 2.85 bits per heavy atom. The van der Waals surface area contributed by atoms with Crippen molar-refractivity contribution in [2.45, 2.75) is 25.9 Å². The largest absolute Gasteiger partial charge is 0.486 e. The van der Waals surface area contributed by atoms with Crippen molar-refractivity contribution in [1.29, 1.82) is 0 Å². The molecule has 0 bridgehead atoms. The van der Waals surface area contributed by atoms with E-state index in [9.17, 15) is 0 Å². The highest BCUT2D eigenvalue weighted by molar-refractivity contribution is 9.10. The molecular formula is C9H13BrO2S. The lowest BCUT2D eigenvalue weighted by Gasteiger charge is -2.00. The number of thiophene rings is 1. The van der Waals surface area contributed by atoms with Gasteiger partial charge >= 0.3 is 0 Å². The molecule has 1 rings (SSSR count). The lowest BCUT2D eigenvalue weighted by Crippen LogP contribution is -1.99. The van der Waals surface area contributed by atoms with E-state index in [0.29, 0.717) is 0 Å². The Labute approximate surface area is 90.7 Å². The van der Waals surface area contributed by atoms with Crippen LogP contribution in [0.25, 0.3) is 0 Å². The van der Waals surface area contributed by atoms with E-state index in [0.717, 1.165) is 22.4 Å². The highest BCUT2D eigenvalue weighted by atomic mass is 79.9. The van der Waals surface area contributed by atoms with Crippen LogP contribution >= 0.6 is 27.3 Å². The van der Waals surface area contributed by atoms with E-state index in [1.54, 1.807) is 25.4 Å². The number of ether oxygens (including phenoxy) is 1. The van der Waals surface area contributed by atoms with Crippen LogP contribution in [-0.4, -0.2) is 18.3 Å². The van der Waals surface area contributed by atoms with Gasteiger partial charge in [-0.25, -0.2) is 0 Å². The Bertz CT molecular complexity index is 271. The van der Waals surface area contributed by atoms with Crippen LogP contribution in [0.15, 0.2) is 10.5 Å². The van der Waals surface area contributed by atoms with Gasteiger partial charge in [0.25, 0.3) is 0 Å². The predicted molar refractivity (Wildman–Crippen MR) is 58.6 cm³/mol. The highest BCUT2D eigenvalue weighted by Crippen LogP contribution is 2.35. The first kappa shape index (κ1) is 11.0. The molecule has 0 spiro atoms. The van der Waals surface area contributed by atoms with Crippen LogP contribution in [0, 0.1) is 0 Å². The Kier molecular flexibility index (Phi) is 4.22. The third-order valence-corrected chi connectivity index (χ3v) is 3.71. The van der Waals surface area contributed by atoms with E-state index < -0.39 is 0 Å². The van der Waals surface area contributed by atoms with Gasteiger partial charge in [-0.15, -0.1) is 11.3 Å². The molecule has 0 amide bonds. The number of halogens is 1. The van der Waals surface area contributed by atoms with Crippen molar-refractivity contribution in [3.63, 3.8) is 0 Å². The molecule has 1 aromatic rings. The first-order valence-corrected chi connectivity index (χ1v) is 5.74. The molecule has 1 heterocycles. The molecule has 1 aromatic heterocycles. The van der Waals surface area contributed by atoms with Crippen molar-refractivity contribution in [2.75, 3.05) is 7.11 Å². The van der Waals surface area contributed by atoms with Gasteiger partial charge in [0.15, 0.2) is 5.06 Å². The van der Waals surface area contributed by atoms with Gasteiger partial charge in [0, 0.05) is 4.88 Å². The van der Waals surface area contributed by atoms with Crippen molar-refractivity contribution in [3.8, 4) is 5.06 Å². The van der Waals surface area contributed by atoms with Gasteiger partial charge in [0.2, 0.25) is 0 Å². The third kappa shape index (κ3) is 3.29. The van der Waals surface area contributed by atoms with E-state index in [1.165, 1.54) is 4.88 Å². The molecule has 0 aliphatic rings. The Balaban J connectivity index is 2.57. The molecule has 74 valence electrons. The number of hydrogen-bond donors (Lipinski definition) is 1. The molecular weight excluding hydrogens is 252 g/mol. The molecule has 2 nitrogen and oxygen atoms in total. The van der Waals surface area contributed by atoms with Crippen LogP contribution in [0.1, 0.15) is 18.2 Å². The van der Waals surface area contributed by atoms with Crippen LogP contribution in [0.5, 0.6) is 5.06 Å². The minimum atomic E-state index is -0.230. The molecule has 0 aliphatic heterocycles. The summed E-state index contributed by atoms with van der Waals surface area (Å²) >= 11 is 5.03. The number of hydrogen-bond acceptors (Lipinski definition) is 3. The second kappa shape index (κ2) is 4.98. The summed E-state index contributed by atoms with van der Waals surface area (Å²) < 4.78 is 6.14. The number of methoxy groups -OCH3 is 1. The van der Waals surface area contributed by atoms with Gasteiger partial charge in [-0.3, -0.25) is 0 Å². The SMILES string of the molecule is COc1sc(CC[C@@H](C)O)cc1Br. The quantitative estimate of drug-likeness (QED) is 0.907. The van der Waals surface area contributed by atoms with Crippen molar-refractivity contribution >= 4 is 27.3 Å². The Morgan fingerprint density at radius 2 is 2.38 bits per heavy atom. The predicted octanol–water partition coefficient (Wildman–Crippen LogP) is 2.83. The standard InChI is InChI=1S/C9H13BrO2S/c1-6(11)3-4-7-5-8(10)9(12-2)13-7/h5-6,11H,3-4H2,1-2H3/t6-/m1/s1. The topological polar surface area (TPSA) is 29.5 Å². The summed E-state index contributed by atoms with van der Waals surface area (Å²) in [5.41, 5.74) is 0. The van der Waals surface area contributed by atoms with Crippen LogP contribution in [0.4, 0.5) is 0 Å². The van der Waals surface area contributed by atoms with Gasteiger partial charge in [-0.1, -0.05) is 0 Å². The van der Waals surface area contributed by atoms with Gasteiger partial charge in [0.1, 0.15) is 0 Å². The van der Waals surface area contributed by atoms with Gasteiger partial charge in [-0.05, 0) is 41.8 Å². The molecule has 0 radical (unpaired) electrons. The Morgan fingerprint density at radius 1 is 1.69 bits per heavy atom. The maximum Gasteiger partial charge on any atom is 0.188 e. The zero-order valence-corrected chi connectivity index (χ0v) is 10.1. The second-order valence-electron chi connectivity index (χ2n) is 2.94. The molecule has 0 fully saturated rings. The van der Waals surface area contributed by atoms with Crippen LogP contribution in [0.3, 0.4) is 0 Å². The van der Waals surface area contributed by atoms with Crippen molar-refractivity contribution in [2.24, 2.45) is 0 Å². The average Bonchev–Trinajstić information content (AvgIpc) is 2.43. The zero-order valence-electron chi connectivity index (χ0n) is 7.71. The smallest absolute Gasteiger partial charge is 0.188 e. The molecule has 4 heteroatoms. The fourth-order valence-corrected chi connectivity index (χ4v) is 2.72. The molecule has 0 aliphatic carbocycles. The van der Waals surface area contributed by atoms with E-state index in [2.05, 4.69) is 15.9 Å². The summed E-state index contributed by atoms with van der Waals surface area (Å²) in [6, 6.07) is 2.05. The fraction of sp³-hybridized carbons (Fsp3) is 0.556. The first-order chi connectivity index (χ1) is 6.13. The van der Waals surface area contributed by atoms with Crippen molar-refractivity contribution in [3.05, 3.63) is 15.4 Å². The monoisotopic (exact) mass is 264 g/mol. The van der Waals surface area contributed by atoms with Crippen LogP contribution in [0.2, 0.25) is 0 Å². The first-order valence-electron chi connectivity index (χ1n) is 4.13. The molecule has 0 saturated carbocycles. The van der Waals surface area contributed by atoms with E-state index >= 15 is 0 Å². The van der Waals surface area contributed by atoms with E-state index in [4.69, 9.17) is 9.84 Å². The molecule has 0 unspecified atom stereocenters. The number of aliphatic hydroxyl groups is 1. The maximum absolute atomic E-state index is 9.11. The summed E-state index contributed by atoms with van der Waals surface area (Å²) in [5.74, 6) is 0. The fourth-order valence-electron chi connectivity index (χ4n) is 1.01. The maximum atomic E-state index is 9.11. The molecule has 0 aromatic carbocycles. The van der Waals surface area contributed by atoms with E-state index in [-0.39, 0.29) is 6.10 Å². The molecule has 0 saturated heterocycles. The van der Waals surface area contributed by atoms with Crippen molar-refractivity contribution in [1.82, 2.24) is 0 Å². The zero-order chi connectivity index (χ0) is 9.84. The molecule has 13 heavy (non-hydrogen) atoms. The molecule has 1 N–H and O–H groups in total. The second-order valence-corrected chi connectivity index (χ2v) is 4.89. The van der Waals surface area contributed by atoms with Crippen molar-refractivity contribution < 1.29 is 9.84 Å². The minimum absolute atomic E-state index is 0.230. The average molecular weight is 265 g/mol. The van der Waals surface area contributed by atoms with Gasteiger partial charge in [-0.2, -0.15) is 0 Å². The molecule has 1 atom stereocenters. The summed E-state index contributed by atoms with van der Waals surface area (Å²) in [4.78, 5) is 1.24. The normalized spacial score (nSPS) is 12.9. The lowest BCUT2D eigenvalue weighted by molar-refractivity contribution is 0.185. The number of rotatable bonds is 4. The lowest BCUT2D eigenvalue weighted by atomic mass is 10.2. The summed E-state index contributed by atoms with van der Waals surface area (Å²) in [6.07, 6.45) is 1.48. The highest BCUT2D eigenvalue weighted by Gasteiger charge is 2.07.